The zero-order valence-corrected chi connectivity index (χ0v) is 34.1. The molecule has 0 bridgehead atoms. The Morgan fingerprint density at radius 3 is 2.36 bits per heavy atom. The van der Waals surface area contributed by atoms with E-state index in [9.17, 15) is 22.8 Å². The third-order valence-electron chi connectivity index (χ3n) is 8.69. The molecule has 1 aliphatic heterocycles. The smallest absolute Gasteiger partial charge is 0.405 e. The van der Waals surface area contributed by atoms with Gasteiger partial charge in [-0.3, -0.25) is 14.6 Å². The maximum Gasteiger partial charge on any atom is 0.471 e. The van der Waals surface area contributed by atoms with E-state index in [0.717, 1.165) is 10.4 Å². The number of carbonyl (C=O) groups is 1. The van der Waals surface area contributed by atoms with Crippen molar-refractivity contribution in [2.45, 2.75) is 69.2 Å². The van der Waals surface area contributed by atoms with Crippen LogP contribution in [0.1, 0.15) is 46.0 Å². The number of nitrogens with one attached hydrogen (secondary N) is 2. The molecule has 1 amide bonds. The van der Waals surface area contributed by atoms with Gasteiger partial charge < -0.3 is 24.1 Å². The van der Waals surface area contributed by atoms with Crippen molar-refractivity contribution in [3.63, 3.8) is 0 Å². The van der Waals surface area contributed by atoms with Gasteiger partial charge in [0, 0.05) is 20.5 Å². The van der Waals surface area contributed by atoms with Crippen molar-refractivity contribution in [1.29, 1.82) is 0 Å². The second kappa shape index (κ2) is 17.8. The van der Waals surface area contributed by atoms with Gasteiger partial charge in [0.15, 0.2) is 17.6 Å². The normalized spacial score (nSPS) is 18.3. The molecule has 2 aromatic carbocycles. The minimum atomic E-state index is -5.07. The van der Waals surface area contributed by atoms with E-state index in [0.29, 0.717) is 6.42 Å². The molecule has 0 saturated carbocycles. The zero-order valence-electron chi connectivity index (χ0n) is 31.5. The van der Waals surface area contributed by atoms with E-state index in [1.54, 1.807) is 45.9 Å². The standard InChI is InChI=1S/C37H44F3N7O5S2Si/c1-24(54-53-7)51-28-21-30(52-29(28)22-50-55(36(2,3)4,25-15-10-8-11-16-25)26-17-12-9-13-18-26)47-32-31(33(48)44-35(43-32)42-23-46(5)6)27(45-47)19-14-20-41-34(49)37(38,39)40/h8-13,15-18,23-24,28-30H,20-22H2,1-7H3,(H,41,49)(H,43,44,48)/b42-23-/t24-,28-,29-,30-/m1/s1. The Morgan fingerprint density at radius 1 is 1.16 bits per heavy atom. The van der Waals surface area contributed by atoms with E-state index in [4.69, 9.17) is 13.9 Å². The topological polar surface area (TPSA) is 136 Å². The minimum absolute atomic E-state index is 0.00773. The molecule has 1 fully saturated rings. The Labute approximate surface area is 326 Å². The molecule has 0 aliphatic carbocycles. The Kier molecular flexibility index (Phi) is 13.6. The van der Waals surface area contributed by atoms with Crippen LogP contribution in [-0.2, 0) is 18.7 Å². The molecule has 55 heavy (non-hydrogen) atoms. The van der Waals surface area contributed by atoms with Crippen molar-refractivity contribution in [2.75, 3.05) is 33.5 Å². The average molecular weight is 816 g/mol. The molecule has 0 unspecified atom stereocenters. The highest BCUT2D eigenvalue weighted by Crippen LogP contribution is 2.40. The summed E-state index contributed by atoms with van der Waals surface area (Å²) in [4.78, 5) is 37.9. The van der Waals surface area contributed by atoms with E-state index in [1.165, 1.54) is 11.0 Å². The maximum atomic E-state index is 13.5. The average Bonchev–Trinajstić information content (AvgIpc) is 3.70. The molecule has 0 spiro atoms. The molecule has 1 aliphatic rings. The largest absolute Gasteiger partial charge is 0.471 e. The first-order valence-electron chi connectivity index (χ1n) is 17.4. The third-order valence-corrected chi connectivity index (χ3v) is 15.7. The number of carbonyl (C=O) groups excluding carboxylic acids is 1. The molecule has 0 radical (unpaired) electrons. The number of H-pyrrole nitrogens is 1. The van der Waals surface area contributed by atoms with Gasteiger partial charge in [0.2, 0.25) is 5.95 Å². The van der Waals surface area contributed by atoms with Crippen molar-refractivity contribution in [3.8, 4) is 11.8 Å². The number of halogens is 3. The Bertz CT molecular complexity index is 2040. The van der Waals surface area contributed by atoms with Crippen LogP contribution in [0.25, 0.3) is 11.0 Å². The summed E-state index contributed by atoms with van der Waals surface area (Å²) in [6, 6.07) is 20.5. The van der Waals surface area contributed by atoms with Crippen molar-refractivity contribution < 1.29 is 31.9 Å². The molecular weight excluding hydrogens is 772 g/mol. The van der Waals surface area contributed by atoms with Gasteiger partial charge in [-0.1, -0.05) is 109 Å². The van der Waals surface area contributed by atoms with Crippen LogP contribution in [0.2, 0.25) is 5.04 Å². The highest BCUT2D eigenvalue weighted by Gasteiger charge is 2.51. The van der Waals surface area contributed by atoms with Crippen LogP contribution in [0, 0.1) is 11.8 Å². The Hall–Kier alpha value is -4.12. The monoisotopic (exact) mass is 815 g/mol. The van der Waals surface area contributed by atoms with Crippen LogP contribution in [0.15, 0.2) is 70.5 Å². The van der Waals surface area contributed by atoms with Crippen LogP contribution in [0.4, 0.5) is 19.1 Å². The number of fused-ring (bicyclic) bond motifs is 1. The summed E-state index contributed by atoms with van der Waals surface area (Å²) >= 11 is 0. The van der Waals surface area contributed by atoms with Gasteiger partial charge in [-0.2, -0.15) is 23.3 Å². The van der Waals surface area contributed by atoms with Crippen molar-refractivity contribution >= 4 is 69.5 Å². The van der Waals surface area contributed by atoms with Gasteiger partial charge in [-0.15, -0.1) is 0 Å². The first-order valence-corrected chi connectivity index (χ1v) is 21.9. The van der Waals surface area contributed by atoms with Crippen LogP contribution >= 0.6 is 21.6 Å². The predicted molar refractivity (Wildman–Crippen MR) is 213 cm³/mol. The number of rotatable bonds is 13. The van der Waals surface area contributed by atoms with Gasteiger partial charge in [0.1, 0.15) is 16.9 Å². The first-order chi connectivity index (χ1) is 26.0. The van der Waals surface area contributed by atoms with Gasteiger partial charge in [0.25, 0.3) is 13.9 Å². The van der Waals surface area contributed by atoms with Gasteiger partial charge >= 0.3 is 12.1 Å². The SMILES string of the molecule is CSS[C@H](C)O[C@@H]1C[C@H](n2nc(C#CCNC(=O)C(F)(F)F)c3c(=O)[nH]c(/N=C\N(C)C)nc32)O[C@@H]1CO[Si](c1ccccc1)(c1ccccc1)C(C)(C)C. The van der Waals surface area contributed by atoms with E-state index in [1.807, 2.05) is 49.6 Å². The number of nitrogens with zero attached hydrogens (tertiary/aromatic N) is 5. The highest BCUT2D eigenvalue weighted by atomic mass is 33.1. The van der Waals surface area contributed by atoms with Crippen LogP contribution < -0.4 is 21.2 Å². The van der Waals surface area contributed by atoms with E-state index in [-0.39, 0.29) is 39.8 Å². The van der Waals surface area contributed by atoms with E-state index >= 15 is 0 Å². The summed E-state index contributed by atoms with van der Waals surface area (Å²) in [5, 5.41) is 8.20. The number of ether oxygens (including phenoxy) is 2. The second-order valence-corrected chi connectivity index (χ2v) is 21.0. The van der Waals surface area contributed by atoms with Crippen LogP contribution in [-0.4, -0.2) is 103 Å². The van der Waals surface area contributed by atoms with E-state index in [2.05, 4.69) is 76.9 Å². The number of aliphatic imine (C=N–C) groups is 1. The lowest BCUT2D eigenvalue weighted by Gasteiger charge is -2.43. The van der Waals surface area contributed by atoms with Gasteiger partial charge in [-0.25, -0.2) is 9.67 Å². The fraction of sp³-hybridized carbons (Fsp3) is 0.432. The van der Waals surface area contributed by atoms with Crippen LogP contribution in [0.5, 0.6) is 0 Å². The maximum absolute atomic E-state index is 13.5. The highest BCUT2D eigenvalue weighted by molar-refractivity contribution is 8.76. The summed E-state index contributed by atoms with van der Waals surface area (Å²) in [5.74, 6) is 2.96. The molecular formula is C37H44F3N7O5S2Si. The number of alkyl halides is 3. The molecule has 4 aromatic rings. The van der Waals surface area contributed by atoms with E-state index < -0.39 is 50.9 Å². The van der Waals surface area contributed by atoms with Crippen molar-refractivity contribution in [1.82, 2.24) is 30.0 Å². The molecule has 12 nitrogen and oxygen atoms in total. The van der Waals surface area contributed by atoms with Gasteiger partial charge in [-0.05, 0) is 34.5 Å². The molecule has 18 heteroatoms. The first kappa shape index (κ1) is 42.0. The number of hydrogen-bond acceptors (Lipinski definition) is 10. The molecule has 2 aromatic heterocycles. The molecule has 5 rings (SSSR count). The predicted octanol–water partition coefficient (Wildman–Crippen LogP) is 4.98. The zero-order chi connectivity index (χ0) is 40.0. The molecule has 4 atom stereocenters. The second-order valence-electron chi connectivity index (χ2n) is 13.9. The number of aromatic amines is 1. The summed E-state index contributed by atoms with van der Waals surface area (Å²) in [6.07, 6.45) is -3.21. The summed E-state index contributed by atoms with van der Waals surface area (Å²) in [7, 11) is 3.67. The quantitative estimate of drug-likeness (QED) is 0.0476. The summed E-state index contributed by atoms with van der Waals surface area (Å²) in [5.41, 5.74) is -0.795. The molecule has 1 saturated heterocycles. The number of benzene rings is 2. The number of aromatic nitrogens is 4. The third kappa shape index (κ3) is 9.82. The lowest BCUT2D eigenvalue weighted by Crippen LogP contribution is -2.67. The van der Waals surface area contributed by atoms with Gasteiger partial charge in [0.05, 0.1) is 25.6 Å². The Balaban J connectivity index is 1.56. The lowest BCUT2D eigenvalue weighted by molar-refractivity contribution is -0.173. The summed E-state index contributed by atoms with van der Waals surface area (Å²) in [6.45, 7) is 8.06. The molecule has 3 heterocycles. The van der Waals surface area contributed by atoms with Crippen LogP contribution in [0.3, 0.4) is 0 Å². The summed E-state index contributed by atoms with van der Waals surface area (Å²) < 4.78 is 60.2. The fourth-order valence-corrected chi connectivity index (χ4v) is 12.4. The fourth-order valence-electron chi connectivity index (χ4n) is 6.42. The Morgan fingerprint density at radius 2 is 1.80 bits per heavy atom. The number of amides is 1. The lowest BCUT2D eigenvalue weighted by atomic mass is 10.2. The van der Waals surface area contributed by atoms with Crippen molar-refractivity contribution in [2.24, 2.45) is 4.99 Å². The minimum Gasteiger partial charge on any atom is -0.405 e. The molecule has 2 N–H and O–H groups in total. The van der Waals surface area contributed by atoms with Crippen molar-refractivity contribution in [3.05, 3.63) is 76.7 Å². The molecule has 294 valence electrons. The number of hydrogen-bond donors (Lipinski definition) is 2.